The highest BCUT2D eigenvalue weighted by Crippen LogP contribution is 2.25. The van der Waals surface area contributed by atoms with E-state index in [1.165, 1.54) is 29.6 Å². The first-order chi connectivity index (χ1) is 13.4. The number of carbonyl (C=O) groups excluding carboxylic acids is 1. The minimum Gasteiger partial charge on any atom is -0.468 e. The molecule has 0 unspecified atom stereocenters. The number of nitrogens with one attached hydrogen (secondary N) is 1. The zero-order chi connectivity index (χ0) is 20.1. The molecule has 0 fully saturated rings. The average molecular weight is 419 g/mol. The Morgan fingerprint density at radius 2 is 1.75 bits per heavy atom. The van der Waals surface area contributed by atoms with Gasteiger partial charge in [-0.2, -0.15) is 4.31 Å². The third-order valence-corrected chi connectivity index (χ3v) is 6.20. The van der Waals surface area contributed by atoms with Crippen LogP contribution in [0.2, 0.25) is 5.02 Å². The van der Waals surface area contributed by atoms with Gasteiger partial charge in [0, 0.05) is 24.2 Å². The predicted molar refractivity (Wildman–Crippen MR) is 107 cm³/mol. The van der Waals surface area contributed by atoms with E-state index in [9.17, 15) is 13.2 Å². The summed E-state index contributed by atoms with van der Waals surface area (Å²) in [6.45, 7) is 1.55. The van der Waals surface area contributed by atoms with Gasteiger partial charge in [0.1, 0.15) is 5.76 Å². The molecule has 28 heavy (non-hydrogen) atoms. The third kappa shape index (κ3) is 4.81. The predicted octanol–water partition coefficient (Wildman–Crippen LogP) is 4.28. The van der Waals surface area contributed by atoms with Crippen LogP contribution in [0.15, 0.2) is 76.2 Å². The summed E-state index contributed by atoms with van der Waals surface area (Å²) in [5, 5.41) is 3.11. The van der Waals surface area contributed by atoms with Crippen LogP contribution in [0.1, 0.15) is 18.2 Å². The lowest BCUT2D eigenvalue weighted by atomic mass is 10.2. The van der Waals surface area contributed by atoms with Crippen LogP contribution in [0.3, 0.4) is 0 Å². The molecule has 0 saturated heterocycles. The number of anilines is 1. The Balaban J connectivity index is 1.93. The van der Waals surface area contributed by atoms with Crippen LogP contribution < -0.4 is 5.32 Å². The molecular formula is C20H19ClN2O4S. The number of halogens is 1. The number of sulfonamides is 1. The Kier molecular flexibility index (Phi) is 6.18. The van der Waals surface area contributed by atoms with Crippen LogP contribution in [0.4, 0.5) is 5.69 Å². The average Bonchev–Trinajstić information content (AvgIpc) is 3.16. The van der Waals surface area contributed by atoms with Crippen molar-refractivity contribution in [1.82, 2.24) is 4.31 Å². The molecule has 0 aliphatic rings. The van der Waals surface area contributed by atoms with E-state index < -0.39 is 10.0 Å². The number of nitrogens with zero attached hydrogens (tertiary/aromatic N) is 1. The SMILES string of the molecule is CC(=O)Nc1ccc(S(=O)(=O)N(Cc2ccco2)Cc2ccccc2Cl)cc1. The van der Waals surface area contributed by atoms with Crippen molar-refractivity contribution in [3.8, 4) is 0 Å². The Morgan fingerprint density at radius 3 is 2.36 bits per heavy atom. The number of furan rings is 1. The van der Waals surface area contributed by atoms with Crippen LogP contribution in [0.5, 0.6) is 0 Å². The molecule has 0 spiro atoms. The first-order valence-corrected chi connectivity index (χ1v) is 10.3. The summed E-state index contributed by atoms with van der Waals surface area (Å²) in [5.74, 6) is 0.291. The van der Waals surface area contributed by atoms with Crippen molar-refractivity contribution in [3.05, 3.63) is 83.3 Å². The van der Waals surface area contributed by atoms with E-state index in [0.29, 0.717) is 22.0 Å². The van der Waals surface area contributed by atoms with Gasteiger partial charge in [-0.3, -0.25) is 4.79 Å². The van der Waals surface area contributed by atoms with Gasteiger partial charge in [0.15, 0.2) is 0 Å². The van der Waals surface area contributed by atoms with Crippen molar-refractivity contribution in [2.24, 2.45) is 0 Å². The third-order valence-electron chi connectivity index (χ3n) is 4.03. The van der Waals surface area contributed by atoms with Gasteiger partial charge in [0.2, 0.25) is 15.9 Å². The monoisotopic (exact) mass is 418 g/mol. The molecule has 146 valence electrons. The fourth-order valence-corrected chi connectivity index (χ4v) is 4.26. The standard InChI is InChI=1S/C20H19ClN2O4S/c1-15(24)22-17-8-10-19(11-9-17)28(25,26)23(14-18-6-4-12-27-18)13-16-5-2-3-7-20(16)21/h2-12H,13-14H2,1H3,(H,22,24). The van der Waals surface area contributed by atoms with E-state index in [4.69, 9.17) is 16.0 Å². The first kappa shape index (κ1) is 20.1. The van der Waals surface area contributed by atoms with E-state index in [0.717, 1.165) is 0 Å². The van der Waals surface area contributed by atoms with Gasteiger partial charge in [-0.1, -0.05) is 29.8 Å². The largest absolute Gasteiger partial charge is 0.468 e. The first-order valence-electron chi connectivity index (χ1n) is 8.50. The molecule has 3 rings (SSSR count). The Bertz CT molecular complexity index is 1050. The Hall–Kier alpha value is -2.61. The zero-order valence-corrected chi connectivity index (χ0v) is 16.7. The van der Waals surface area contributed by atoms with Gasteiger partial charge in [-0.25, -0.2) is 8.42 Å². The summed E-state index contributed by atoms with van der Waals surface area (Å²) in [6.07, 6.45) is 1.50. The van der Waals surface area contributed by atoms with Gasteiger partial charge in [-0.05, 0) is 48.0 Å². The fourth-order valence-electron chi connectivity index (χ4n) is 2.68. The highest BCUT2D eigenvalue weighted by Gasteiger charge is 2.26. The highest BCUT2D eigenvalue weighted by atomic mass is 35.5. The molecule has 6 nitrogen and oxygen atoms in total. The maximum atomic E-state index is 13.3. The van der Waals surface area contributed by atoms with E-state index >= 15 is 0 Å². The van der Waals surface area contributed by atoms with Crippen LogP contribution in [-0.4, -0.2) is 18.6 Å². The van der Waals surface area contributed by atoms with Gasteiger partial charge in [-0.15, -0.1) is 0 Å². The summed E-state index contributed by atoms with van der Waals surface area (Å²) in [5.41, 5.74) is 1.21. The highest BCUT2D eigenvalue weighted by molar-refractivity contribution is 7.89. The molecule has 0 atom stereocenters. The molecule has 0 bridgehead atoms. The van der Waals surface area contributed by atoms with E-state index in [1.54, 1.807) is 48.5 Å². The van der Waals surface area contributed by atoms with Crippen molar-refractivity contribution in [1.29, 1.82) is 0 Å². The summed E-state index contributed by atoms with van der Waals surface area (Å²) in [4.78, 5) is 11.3. The van der Waals surface area contributed by atoms with Crippen LogP contribution in [0, 0.1) is 0 Å². The van der Waals surface area contributed by atoms with Gasteiger partial charge >= 0.3 is 0 Å². The van der Waals surface area contributed by atoms with E-state index in [1.807, 2.05) is 0 Å². The zero-order valence-electron chi connectivity index (χ0n) is 15.1. The molecule has 0 radical (unpaired) electrons. The number of hydrogen-bond acceptors (Lipinski definition) is 4. The molecule has 0 aliphatic heterocycles. The summed E-state index contributed by atoms with van der Waals surface area (Å²) >= 11 is 6.23. The van der Waals surface area contributed by atoms with Crippen LogP contribution in [0.25, 0.3) is 0 Å². The summed E-state index contributed by atoms with van der Waals surface area (Å²) in [7, 11) is -3.84. The van der Waals surface area contributed by atoms with Gasteiger partial charge < -0.3 is 9.73 Å². The van der Waals surface area contributed by atoms with Crippen molar-refractivity contribution in [2.75, 3.05) is 5.32 Å². The Morgan fingerprint density at radius 1 is 1.04 bits per heavy atom. The molecular weight excluding hydrogens is 400 g/mol. The van der Waals surface area contributed by atoms with Crippen molar-refractivity contribution >= 4 is 33.2 Å². The quantitative estimate of drug-likeness (QED) is 0.621. The number of amides is 1. The molecule has 2 aromatic carbocycles. The maximum Gasteiger partial charge on any atom is 0.243 e. The number of hydrogen-bond donors (Lipinski definition) is 1. The lowest BCUT2D eigenvalue weighted by Crippen LogP contribution is -2.30. The fraction of sp³-hybridized carbons (Fsp3) is 0.150. The minimum atomic E-state index is -3.84. The second kappa shape index (κ2) is 8.60. The smallest absolute Gasteiger partial charge is 0.243 e. The van der Waals surface area contributed by atoms with Crippen molar-refractivity contribution in [3.63, 3.8) is 0 Å². The minimum absolute atomic E-state index is 0.0635. The molecule has 1 heterocycles. The van der Waals surface area contributed by atoms with Crippen LogP contribution >= 0.6 is 11.6 Å². The number of carbonyl (C=O) groups is 1. The topological polar surface area (TPSA) is 79.6 Å². The number of rotatable bonds is 7. The van der Waals surface area contributed by atoms with Crippen molar-refractivity contribution < 1.29 is 17.6 Å². The second-order valence-corrected chi connectivity index (χ2v) is 8.49. The molecule has 1 aromatic heterocycles. The number of benzene rings is 2. The van der Waals surface area contributed by atoms with Gasteiger partial charge in [0.05, 0.1) is 17.7 Å². The summed E-state index contributed by atoms with van der Waals surface area (Å²) in [6, 6.07) is 16.5. The molecule has 0 aliphatic carbocycles. The molecule has 8 heteroatoms. The van der Waals surface area contributed by atoms with E-state index in [2.05, 4.69) is 5.32 Å². The molecule has 1 amide bonds. The lowest BCUT2D eigenvalue weighted by Gasteiger charge is -2.22. The molecule has 1 N–H and O–H groups in total. The molecule has 3 aromatic rings. The van der Waals surface area contributed by atoms with E-state index in [-0.39, 0.29) is 23.9 Å². The summed E-state index contributed by atoms with van der Waals surface area (Å²) < 4.78 is 33.2. The normalized spacial score (nSPS) is 11.5. The molecule has 0 saturated carbocycles. The second-order valence-electron chi connectivity index (χ2n) is 6.15. The van der Waals surface area contributed by atoms with Gasteiger partial charge in [0.25, 0.3) is 0 Å². The van der Waals surface area contributed by atoms with Crippen molar-refractivity contribution in [2.45, 2.75) is 24.9 Å². The Labute approximate surface area is 168 Å². The lowest BCUT2D eigenvalue weighted by molar-refractivity contribution is -0.114. The maximum absolute atomic E-state index is 13.3. The van der Waals surface area contributed by atoms with Crippen LogP contribution in [-0.2, 0) is 27.9 Å².